The van der Waals surface area contributed by atoms with Crippen molar-refractivity contribution in [2.24, 2.45) is 0 Å². The van der Waals surface area contributed by atoms with Gasteiger partial charge >= 0.3 is 5.97 Å². The molecule has 146 valence electrons. The minimum Gasteiger partial charge on any atom is -0.426 e. The number of aromatic nitrogens is 3. The van der Waals surface area contributed by atoms with Crippen molar-refractivity contribution in [3.63, 3.8) is 0 Å². The minimum absolute atomic E-state index is 0.0693. The highest BCUT2D eigenvalue weighted by Crippen LogP contribution is 2.23. The maximum atomic E-state index is 12.3. The number of benzene rings is 2. The molecule has 0 N–H and O–H groups in total. The average molecular weight is 387 g/mol. The van der Waals surface area contributed by atoms with Gasteiger partial charge in [0.2, 0.25) is 0 Å². The summed E-state index contributed by atoms with van der Waals surface area (Å²) in [6, 6.07) is 14.6. The third-order valence-corrected chi connectivity index (χ3v) is 5.07. The van der Waals surface area contributed by atoms with Crippen LogP contribution in [0.5, 0.6) is 5.75 Å². The van der Waals surface area contributed by atoms with E-state index in [0.29, 0.717) is 17.7 Å². The number of rotatable bonds is 5. The van der Waals surface area contributed by atoms with E-state index < -0.39 is 0 Å². The number of carbonyl (C=O) groups is 2. The number of ketones is 1. The SMILES string of the molecule is CC(=O)c1cccc(OC(=O)CCc2c(C)nc3c4ccccc4nn3c2C)c1. The molecular formula is C23H21N3O3. The van der Waals surface area contributed by atoms with Crippen molar-refractivity contribution < 1.29 is 14.3 Å². The third-order valence-electron chi connectivity index (χ3n) is 5.07. The van der Waals surface area contributed by atoms with Crippen molar-refractivity contribution in [3.8, 4) is 5.75 Å². The van der Waals surface area contributed by atoms with Crippen LogP contribution >= 0.6 is 0 Å². The number of esters is 1. The number of carbonyl (C=O) groups excluding carboxylic acids is 2. The van der Waals surface area contributed by atoms with Gasteiger partial charge in [-0.2, -0.15) is 5.10 Å². The van der Waals surface area contributed by atoms with E-state index in [2.05, 4.69) is 5.10 Å². The number of aryl methyl sites for hydroxylation is 2. The Morgan fingerprint density at radius 1 is 1.07 bits per heavy atom. The van der Waals surface area contributed by atoms with Crippen LogP contribution in [0.15, 0.2) is 48.5 Å². The first kappa shape index (κ1) is 18.8. The molecule has 0 amide bonds. The van der Waals surface area contributed by atoms with Crippen LogP contribution in [0.25, 0.3) is 16.6 Å². The number of hydrogen-bond acceptors (Lipinski definition) is 5. The van der Waals surface area contributed by atoms with Gasteiger partial charge < -0.3 is 4.74 Å². The second-order valence-corrected chi connectivity index (χ2v) is 7.07. The molecule has 0 aliphatic heterocycles. The molecular weight excluding hydrogens is 366 g/mol. The van der Waals surface area contributed by atoms with E-state index in [4.69, 9.17) is 9.72 Å². The van der Waals surface area contributed by atoms with E-state index in [1.165, 1.54) is 6.92 Å². The molecule has 4 aromatic rings. The molecule has 6 nitrogen and oxygen atoms in total. The quantitative estimate of drug-likeness (QED) is 0.291. The van der Waals surface area contributed by atoms with Crippen molar-refractivity contribution >= 4 is 28.3 Å². The Kier molecular flexibility index (Phi) is 4.84. The topological polar surface area (TPSA) is 73.6 Å². The first-order chi connectivity index (χ1) is 13.9. The Morgan fingerprint density at radius 3 is 2.66 bits per heavy atom. The van der Waals surface area contributed by atoms with Gasteiger partial charge in [0.1, 0.15) is 5.75 Å². The lowest BCUT2D eigenvalue weighted by Crippen LogP contribution is -2.12. The summed E-state index contributed by atoms with van der Waals surface area (Å²) in [4.78, 5) is 28.6. The molecule has 0 saturated heterocycles. The molecule has 0 fully saturated rings. The number of ether oxygens (including phenoxy) is 1. The fraction of sp³-hybridized carbons (Fsp3) is 0.217. The number of Topliss-reactive ketones (excluding diaryl/α,β-unsaturated/α-hetero) is 1. The zero-order valence-electron chi connectivity index (χ0n) is 16.6. The predicted octanol–water partition coefficient (Wildman–Crippen LogP) is 4.24. The molecule has 2 aromatic carbocycles. The highest BCUT2D eigenvalue weighted by molar-refractivity contribution is 5.94. The van der Waals surface area contributed by atoms with E-state index in [9.17, 15) is 9.59 Å². The molecule has 2 aromatic heterocycles. The van der Waals surface area contributed by atoms with Crippen LogP contribution in [0.2, 0.25) is 0 Å². The Morgan fingerprint density at radius 2 is 1.86 bits per heavy atom. The van der Waals surface area contributed by atoms with Crippen LogP contribution in [0.3, 0.4) is 0 Å². The molecule has 0 aliphatic carbocycles. The zero-order valence-corrected chi connectivity index (χ0v) is 16.6. The summed E-state index contributed by atoms with van der Waals surface area (Å²) in [5, 5.41) is 5.65. The fourth-order valence-electron chi connectivity index (χ4n) is 3.53. The predicted molar refractivity (Wildman–Crippen MR) is 110 cm³/mol. The lowest BCUT2D eigenvalue weighted by molar-refractivity contribution is -0.134. The molecule has 2 heterocycles. The summed E-state index contributed by atoms with van der Waals surface area (Å²) < 4.78 is 7.25. The zero-order chi connectivity index (χ0) is 20.5. The Balaban J connectivity index is 1.55. The second kappa shape index (κ2) is 7.47. The van der Waals surface area contributed by atoms with Crippen LogP contribution < -0.4 is 4.74 Å². The number of hydrogen-bond donors (Lipinski definition) is 0. The molecule has 0 radical (unpaired) electrons. The number of fused-ring (bicyclic) bond motifs is 3. The molecule has 0 aliphatic rings. The van der Waals surface area contributed by atoms with Crippen molar-refractivity contribution in [1.29, 1.82) is 0 Å². The van der Waals surface area contributed by atoms with E-state index >= 15 is 0 Å². The van der Waals surface area contributed by atoms with Gasteiger partial charge in [0, 0.05) is 22.3 Å². The van der Waals surface area contributed by atoms with Crippen molar-refractivity contribution in [3.05, 3.63) is 71.0 Å². The monoisotopic (exact) mass is 387 g/mol. The molecule has 6 heteroatoms. The summed E-state index contributed by atoms with van der Waals surface area (Å²) >= 11 is 0. The van der Waals surface area contributed by atoms with Gasteiger partial charge in [-0.05, 0) is 57.0 Å². The van der Waals surface area contributed by atoms with E-state index in [1.807, 2.05) is 42.6 Å². The molecule has 0 saturated carbocycles. The molecule has 4 rings (SSSR count). The van der Waals surface area contributed by atoms with E-state index in [0.717, 1.165) is 33.5 Å². The first-order valence-corrected chi connectivity index (χ1v) is 9.49. The standard InChI is InChI=1S/C23H21N3O3/c1-14-19(11-12-22(28)29-18-8-6-7-17(13-18)16(3)27)15(2)26-23(24-14)20-9-4-5-10-21(20)25-26/h4-10,13H,11-12H2,1-3H3. The number of nitrogens with zero attached hydrogens (tertiary/aromatic N) is 3. The van der Waals surface area contributed by atoms with Gasteiger partial charge in [0.15, 0.2) is 11.4 Å². The lowest BCUT2D eigenvalue weighted by Gasteiger charge is -2.11. The minimum atomic E-state index is -0.352. The average Bonchev–Trinajstić information content (AvgIpc) is 3.07. The van der Waals surface area contributed by atoms with E-state index in [1.54, 1.807) is 24.3 Å². The van der Waals surface area contributed by atoms with E-state index in [-0.39, 0.29) is 18.2 Å². The van der Waals surface area contributed by atoms with Gasteiger partial charge in [-0.3, -0.25) is 9.59 Å². The largest absolute Gasteiger partial charge is 0.426 e. The highest BCUT2D eigenvalue weighted by atomic mass is 16.5. The van der Waals surface area contributed by atoms with Gasteiger partial charge in [-0.15, -0.1) is 0 Å². The summed E-state index contributed by atoms with van der Waals surface area (Å²) in [5.41, 5.74) is 5.07. The Labute approximate surface area is 168 Å². The van der Waals surface area contributed by atoms with Crippen LogP contribution in [-0.2, 0) is 11.2 Å². The normalized spacial score (nSPS) is 11.1. The maximum Gasteiger partial charge on any atom is 0.311 e. The van der Waals surface area contributed by atoms with Gasteiger partial charge in [-0.1, -0.05) is 24.3 Å². The summed E-state index contributed by atoms with van der Waals surface area (Å²) in [5.74, 6) is -0.0431. The smallest absolute Gasteiger partial charge is 0.311 e. The summed E-state index contributed by atoms with van der Waals surface area (Å²) in [7, 11) is 0. The fourth-order valence-corrected chi connectivity index (χ4v) is 3.53. The van der Waals surface area contributed by atoms with Crippen molar-refractivity contribution in [2.45, 2.75) is 33.6 Å². The van der Waals surface area contributed by atoms with Gasteiger partial charge in [-0.25, -0.2) is 9.50 Å². The highest BCUT2D eigenvalue weighted by Gasteiger charge is 2.15. The summed E-state index contributed by atoms with van der Waals surface area (Å²) in [6.07, 6.45) is 0.710. The maximum absolute atomic E-state index is 12.3. The Hall–Kier alpha value is -3.54. The van der Waals surface area contributed by atoms with Gasteiger partial charge in [0.05, 0.1) is 11.9 Å². The van der Waals surface area contributed by atoms with Gasteiger partial charge in [0.25, 0.3) is 0 Å². The molecule has 0 bridgehead atoms. The lowest BCUT2D eigenvalue weighted by atomic mass is 10.1. The van der Waals surface area contributed by atoms with Crippen molar-refractivity contribution in [2.75, 3.05) is 0 Å². The van der Waals surface area contributed by atoms with Crippen LogP contribution in [-0.4, -0.2) is 26.4 Å². The Bertz CT molecular complexity index is 1260. The molecule has 29 heavy (non-hydrogen) atoms. The third kappa shape index (κ3) is 3.61. The van der Waals surface area contributed by atoms with Crippen LogP contribution in [0, 0.1) is 13.8 Å². The molecule has 0 unspecified atom stereocenters. The van der Waals surface area contributed by atoms with Crippen LogP contribution in [0.1, 0.15) is 40.7 Å². The van der Waals surface area contributed by atoms with Crippen LogP contribution in [0.4, 0.5) is 0 Å². The van der Waals surface area contributed by atoms with Crippen molar-refractivity contribution in [1.82, 2.24) is 14.6 Å². The molecule has 0 atom stereocenters. The second-order valence-electron chi connectivity index (χ2n) is 7.07. The summed E-state index contributed by atoms with van der Waals surface area (Å²) in [6.45, 7) is 5.42. The first-order valence-electron chi connectivity index (χ1n) is 9.49. The molecule has 0 spiro atoms.